The summed E-state index contributed by atoms with van der Waals surface area (Å²) in [4.78, 5) is 4.38. The van der Waals surface area contributed by atoms with Crippen LogP contribution in [-0.4, -0.2) is 25.2 Å². The summed E-state index contributed by atoms with van der Waals surface area (Å²) < 4.78 is 6.01. The van der Waals surface area contributed by atoms with Crippen molar-refractivity contribution in [1.29, 1.82) is 0 Å². The van der Waals surface area contributed by atoms with Gasteiger partial charge < -0.3 is 5.32 Å². The molecule has 0 unspecified atom stereocenters. The molecule has 15 heavy (non-hydrogen) atoms. The minimum atomic E-state index is 0.375. The molecule has 2 aromatic rings. The van der Waals surface area contributed by atoms with E-state index >= 15 is 0 Å². The topological polar surface area (TPSA) is 55.6 Å². The third kappa shape index (κ3) is 2.33. The van der Waals surface area contributed by atoms with Gasteiger partial charge in [-0.1, -0.05) is 0 Å². The van der Waals surface area contributed by atoms with Crippen LogP contribution in [-0.2, 0) is 7.05 Å². The Labute approximate surface area is 92.3 Å². The van der Waals surface area contributed by atoms with Gasteiger partial charge in [-0.3, -0.25) is 4.68 Å². The van der Waals surface area contributed by atoms with Crippen LogP contribution in [0.2, 0.25) is 0 Å². The maximum Gasteiger partial charge on any atom is 0.203 e. The van der Waals surface area contributed by atoms with Gasteiger partial charge in [-0.05, 0) is 13.8 Å². The number of nitrogens with one attached hydrogen (secondary N) is 1. The monoisotopic (exact) mass is 223 g/mol. The molecule has 0 saturated carbocycles. The second-order valence-corrected chi connectivity index (χ2v) is 4.38. The number of aromatic nitrogens is 4. The first kappa shape index (κ1) is 10.1. The summed E-state index contributed by atoms with van der Waals surface area (Å²) in [6.45, 7) is 4.15. The second-order valence-electron chi connectivity index (χ2n) is 3.62. The average Bonchev–Trinajstić information content (AvgIpc) is 2.72. The zero-order valence-electron chi connectivity index (χ0n) is 8.93. The van der Waals surface area contributed by atoms with Crippen LogP contribution in [0, 0.1) is 0 Å². The Morgan fingerprint density at radius 2 is 2.27 bits per heavy atom. The van der Waals surface area contributed by atoms with E-state index in [0.717, 1.165) is 16.5 Å². The SMILES string of the molecule is CC(C)Nc1nc(-c2cnn(C)c2)ns1. The van der Waals surface area contributed by atoms with E-state index in [0.29, 0.717) is 6.04 Å². The molecule has 0 saturated heterocycles. The highest BCUT2D eigenvalue weighted by molar-refractivity contribution is 7.09. The molecule has 2 heterocycles. The van der Waals surface area contributed by atoms with Crippen molar-refractivity contribution in [3.8, 4) is 11.4 Å². The van der Waals surface area contributed by atoms with Crippen LogP contribution in [0.3, 0.4) is 0 Å². The van der Waals surface area contributed by atoms with Gasteiger partial charge in [-0.2, -0.15) is 14.5 Å². The van der Waals surface area contributed by atoms with Gasteiger partial charge in [-0.25, -0.2) is 0 Å². The van der Waals surface area contributed by atoms with Crippen LogP contribution in [0.5, 0.6) is 0 Å². The third-order valence-corrected chi connectivity index (χ3v) is 2.45. The van der Waals surface area contributed by atoms with Crippen LogP contribution in [0.15, 0.2) is 12.4 Å². The number of anilines is 1. The van der Waals surface area contributed by atoms with Crippen molar-refractivity contribution in [2.75, 3.05) is 5.32 Å². The van der Waals surface area contributed by atoms with Crippen LogP contribution >= 0.6 is 11.5 Å². The Balaban J connectivity index is 2.20. The quantitative estimate of drug-likeness (QED) is 0.861. The van der Waals surface area contributed by atoms with Gasteiger partial charge in [0.25, 0.3) is 0 Å². The van der Waals surface area contributed by atoms with Crippen molar-refractivity contribution >= 4 is 16.7 Å². The van der Waals surface area contributed by atoms with Crippen molar-refractivity contribution in [3.63, 3.8) is 0 Å². The minimum absolute atomic E-state index is 0.375. The largest absolute Gasteiger partial charge is 0.358 e. The molecule has 5 nitrogen and oxygen atoms in total. The summed E-state index contributed by atoms with van der Waals surface area (Å²) in [5.74, 6) is 0.733. The number of hydrogen-bond acceptors (Lipinski definition) is 5. The van der Waals surface area contributed by atoms with Gasteiger partial charge in [0, 0.05) is 30.8 Å². The summed E-state index contributed by atoms with van der Waals surface area (Å²) >= 11 is 1.37. The molecule has 0 aliphatic rings. The number of nitrogens with zero attached hydrogens (tertiary/aromatic N) is 4. The van der Waals surface area contributed by atoms with Gasteiger partial charge >= 0.3 is 0 Å². The van der Waals surface area contributed by atoms with Crippen molar-refractivity contribution in [2.45, 2.75) is 19.9 Å². The van der Waals surface area contributed by atoms with Gasteiger partial charge in [0.05, 0.1) is 11.8 Å². The molecule has 80 valence electrons. The molecule has 0 radical (unpaired) electrons. The number of hydrogen-bond donors (Lipinski definition) is 1. The highest BCUT2D eigenvalue weighted by Crippen LogP contribution is 2.20. The highest BCUT2D eigenvalue weighted by atomic mass is 32.1. The van der Waals surface area contributed by atoms with Crippen molar-refractivity contribution in [2.24, 2.45) is 7.05 Å². The first-order chi connectivity index (χ1) is 7.15. The Bertz CT molecular complexity index is 445. The van der Waals surface area contributed by atoms with Gasteiger partial charge in [-0.15, -0.1) is 0 Å². The summed E-state index contributed by atoms with van der Waals surface area (Å²) in [7, 11) is 1.88. The van der Waals surface area contributed by atoms with Crippen molar-refractivity contribution in [1.82, 2.24) is 19.1 Å². The van der Waals surface area contributed by atoms with E-state index in [1.54, 1.807) is 10.9 Å². The van der Waals surface area contributed by atoms with E-state index in [4.69, 9.17) is 0 Å². The Kier molecular flexibility index (Phi) is 2.68. The van der Waals surface area contributed by atoms with Crippen LogP contribution < -0.4 is 5.32 Å². The fraction of sp³-hybridized carbons (Fsp3) is 0.444. The molecule has 0 aliphatic heterocycles. The normalized spacial score (nSPS) is 10.9. The lowest BCUT2D eigenvalue weighted by Crippen LogP contribution is -2.08. The predicted octanol–water partition coefficient (Wildman–Crippen LogP) is 1.76. The van der Waals surface area contributed by atoms with Crippen LogP contribution in [0.1, 0.15) is 13.8 Å². The van der Waals surface area contributed by atoms with Gasteiger partial charge in [0.1, 0.15) is 0 Å². The lowest BCUT2D eigenvalue weighted by Gasteiger charge is -2.03. The molecular formula is C9H13N5S. The number of rotatable bonds is 3. The summed E-state index contributed by atoms with van der Waals surface area (Å²) in [5, 5.41) is 8.15. The standard InChI is InChI=1S/C9H13N5S/c1-6(2)11-9-12-8(13-15-9)7-4-10-14(3)5-7/h4-6H,1-3H3,(H,11,12,13). The predicted molar refractivity (Wildman–Crippen MR) is 60.9 cm³/mol. The second kappa shape index (κ2) is 3.98. The summed E-state index contributed by atoms with van der Waals surface area (Å²) in [6.07, 6.45) is 3.67. The Hall–Kier alpha value is -1.43. The molecule has 0 spiro atoms. The maximum atomic E-state index is 4.38. The Morgan fingerprint density at radius 3 is 2.87 bits per heavy atom. The Morgan fingerprint density at radius 1 is 1.47 bits per heavy atom. The minimum Gasteiger partial charge on any atom is -0.358 e. The molecule has 0 amide bonds. The molecule has 1 N–H and O–H groups in total. The smallest absolute Gasteiger partial charge is 0.203 e. The molecule has 0 aliphatic carbocycles. The molecule has 2 rings (SSSR count). The molecule has 2 aromatic heterocycles. The van der Waals surface area contributed by atoms with Crippen molar-refractivity contribution in [3.05, 3.63) is 12.4 Å². The number of aryl methyl sites for hydroxylation is 1. The van der Waals surface area contributed by atoms with Crippen molar-refractivity contribution < 1.29 is 0 Å². The fourth-order valence-corrected chi connectivity index (χ4v) is 1.92. The summed E-state index contributed by atoms with van der Waals surface area (Å²) in [6, 6.07) is 0.375. The highest BCUT2D eigenvalue weighted by Gasteiger charge is 2.08. The zero-order valence-corrected chi connectivity index (χ0v) is 9.75. The van der Waals surface area contributed by atoms with E-state index < -0.39 is 0 Å². The fourth-order valence-electron chi connectivity index (χ4n) is 1.18. The average molecular weight is 223 g/mol. The molecule has 6 heteroatoms. The summed E-state index contributed by atoms with van der Waals surface area (Å²) in [5.41, 5.74) is 0.950. The van der Waals surface area contributed by atoms with E-state index in [2.05, 4.69) is 33.6 Å². The van der Waals surface area contributed by atoms with E-state index in [9.17, 15) is 0 Å². The lowest BCUT2D eigenvalue weighted by molar-refractivity contribution is 0.768. The maximum absolute atomic E-state index is 4.38. The van der Waals surface area contributed by atoms with E-state index in [1.807, 2.05) is 13.2 Å². The third-order valence-electron chi connectivity index (χ3n) is 1.80. The van der Waals surface area contributed by atoms with E-state index in [-0.39, 0.29) is 0 Å². The van der Waals surface area contributed by atoms with E-state index in [1.165, 1.54) is 11.5 Å². The molecule has 0 bridgehead atoms. The van der Waals surface area contributed by atoms with Gasteiger partial charge in [0.2, 0.25) is 5.13 Å². The van der Waals surface area contributed by atoms with Crippen LogP contribution in [0.4, 0.5) is 5.13 Å². The molecule has 0 atom stereocenters. The molecular weight excluding hydrogens is 210 g/mol. The molecule has 0 aromatic carbocycles. The van der Waals surface area contributed by atoms with Gasteiger partial charge in [0.15, 0.2) is 5.82 Å². The lowest BCUT2D eigenvalue weighted by atomic mass is 10.3. The zero-order chi connectivity index (χ0) is 10.8. The first-order valence-electron chi connectivity index (χ1n) is 4.74. The van der Waals surface area contributed by atoms with Crippen LogP contribution in [0.25, 0.3) is 11.4 Å². The molecule has 0 fully saturated rings. The first-order valence-corrected chi connectivity index (χ1v) is 5.52.